The van der Waals surface area contributed by atoms with Crippen molar-refractivity contribution in [1.82, 2.24) is 10.6 Å². The number of para-hydroxylation sites is 1. The maximum atomic E-state index is 12.4. The monoisotopic (exact) mass is 338 g/mol. The van der Waals surface area contributed by atoms with E-state index in [-0.39, 0.29) is 35.9 Å². The van der Waals surface area contributed by atoms with Gasteiger partial charge in [-0.25, -0.2) is 0 Å². The van der Waals surface area contributed by atoms with E-state index in [4.69, 9.17) is 0 Å². The Balaban J connectivity index is 0.00000242. The Kier molecular flexibility index (Phi) is 6.49. The van der Waals surface area contributed by atoms with E-state index in [0.29, 0.717) is 25.1 Å². The summed E-state index contributed by atoms with van der Waals surface area (Å²) in [6, 6.07) is 5.98. The SMILES string of the molecule is CNCCNC(=O)C1CC1c1ccccc1OC(F)(F)F.Cl. The van der Waals surface area contributed by atoms with Crippen molar-refractivity contribution < 1.29 is 22.7 Å². The van der Waals surface area contributed by atoms with E-state index in [1.54, 1.807) is 19.2 Å². The number of amides is 1. The van der Waals surface area contributed by atoms with Crippen molar-refractivity contribution in [2.45, 2.75) is 18.7 Å². The number of carbonyl (C=O) groups excluding carboxylic acids is 1. The lowest BCUT2D eigenvalue weighted by atomic mass is 10.1. The molecule has 1 aliphatic carbocycles. The maximum Gasteiger partial charge on any atom is 0.573 e. The van der Waals surface area contributed by atoms with E-state index in [0.717, 1.165) is 0 Å². The van der Waals surface area contributed by atoms with E-state index in [9.17, 15) is 18.0 Å². The summed E-state index contributed by atoms with van der Waals surface area (Å²) in [5.41, 5.74) is 0.434. The highest BCUT2D eigenvalue weighted by atomic mass is 35.5. The number of halogens is 4. The molecule has 4 nitrogen and oxygen atoms in total. The van der Waals surface area contributed by atoms with Gasteiger partial charge in [0.2, 0.25) is 5.91 Å². The van der Waals surface area contributed by atoms with E-state index in [1.165, 1.54) is 12.1 Å². The molecule has 0 heterocycles. The molecule has 1 aromatic carbocycles. The Labute approximate surface area is 132 Å². The third kappa shape index (κ3) is 5.06. The second-order valence-corrected chi connectivity index (χ2v) is 4.93. The Hall–Kier alpha value is -1.47. The van der Waals surface area contributed by atoms with Crippen LogP contribution in [-0.2, 0) is 4.79 Å². The van der Waals surface area contributed by atoms with E-state index >= 15 is 0 Å². The summed E-state index contributed by atoms with van der Waals surface area (Å²) < 4.78 is 41.1. The largest absolute Gasteiger partial charge is 0.573 e. The number of benzene rings is 1. The zero-order chi connectivity index (χ0) is 15.5. The highest BCUT2D eigenvalue weighted by molar-refractivity contribution is 5.85. The summed E-state index contributed by atoms with van der Waals surface area (Å²) >= 11 is 0. The average molecular weight is 339 g/mol. The number of hydrogen-bond acceptors (Lipinski definition) is 3. The Morgan fingerprint density at radius 1 is 1.32 bits per heavy atom. The van der Waals surface area contributed by atoms with Gasteiger partial charge in [-0.1, -0.05) is 18.2 Å². The van der Waals surface area contributed by atoms with Crippen LogP contribution in [-0.4, -0.2) is 32.4 Å². The first kappa shape index (κ1) is 18.6. The third-order valence-corrected chi connectivity index (χ3v) is 3.35. The average Bonchev–Trinajstić information content (AvgIpc) is 3.18. The minimum Gasteiger partial charge on any atom is -0.405 e. The van der Waals surface area contributed by atoms with Crippen LogP contribution in [0.4, 0.5) is 13.2 Å². The van der Waals surface area contributed by atoms with Crippen molar-refractivity contribution in [3.8, 4) is 5.75 Å². The predicted octanol–water partition coefficient (Wildman–Crippen LogP) is 2.45. The van der Waals surface area contributed by atoms with Crippen LogP contribution in [0.5, 0.6) is 5.75 Å². The first-order chi connectivity index (χ1) is 9.92. The van der Waals surface area contributed by atoms with Crippen LogP contribution < -0.4 is 15.4 Å². The lowest BCUT2D eigenvalue weighted by Gasteiger charge is -2.13. The molecule has 2 unspecified atom stereocenters. The number of hydrogen-bond donors (Lipinski definition) is 2. The second-order valence-electron chi connectivity index (χ2n) is 4.93. The molecule has 2 rings (SSSR count). The van der Waals surface area contributed by atoms with Gasteiger partial charge in [0.05, 0.1) is 0 Å². The number of carbonyl (C=O) groups is 1. The molecule has 8 heteroatoms. The van der Waals surface area contributed by atoms with Gasteiger partial charge in [0.25, 0.3) is 0 Å². The number of likely N-dealkylation sites (N-methyl/N-ethyl adjacent to an activating group) is 1. The zero-order valence-corrected chi connectivity index (χ0v) is 12.8. The molecule has 0 bridgehead atoms. The molecule has 0 radical (unpaired) electrons. The van der Waals surface area contributed by atoms with Crippen LogP contribution in [0, 0.1) is 5.92 Å². The summed E-state index contributed by atoms with van der Waals surface area (Å²) in [6.07, 6.45) is -4.18. The van der Waals surface area contributed by atoms with Crippen molar-refractivity contribution in [2.24, 2.45) is 5.92 Å². The van der Waals surface area contributed by atoms with Gasteiger partial charge in [-0.2, -0.15) is 0 Å². The van der Waals surface area contributed by atoms with E-state index < -0.39 is 6.36 Å². The summed E-state index contributed by atoms with van der Waals surface area (Å²) in [6.45, 7) is 1.15. The van der Waals surface area contributed by atoms with Gasteiger partial charge < -0.3 is 15.4 Å². The number of rotatable bonds is 6. The van der Waals surface area contributed by atoms with Gasteiger partial charge in [0.1, 0.15) is 5.75 Å². The molecule has 124 valence electrons. The molecule has 0 aliphatic heterocycles. The van der Waals surface area contributed by atoms with E-state index in [1.807, 2.05) is 0 Å². The maximum absolute atomic E-state index is 12.4. The van der Waals surface area contributed by atoms with Gasteiger partial charge in [-0.15, -0.1) is 25.6 Å². The van der Waals surface area contributed by atoms with Gasteiger partial charge in [0, 0.05) is 19.0 Å². The van der Waals surface area contributed by atoms with Crippen LogP contribution >= 0.6 is 12.4 Å². The summed E-state index contributed by atoms with van der Waals surface area (Å²) in [7, 11) is 1.77. The number of ether oxygens (including phenoxy) is 1. The molecule has 1 amide bonds. The van der Waals surface area contributed by atoms with Crippen molar-refractivity contribution in [3.05, 3.63) is 29.8 Å². The fourth-order valence-corrected chi connectivity index (χ4v) is 2.27. The van der Waals surface area contributed by atoms with Crippen LogP contribution in [0.15, 0.2) is 24.3 Å². The molecule has 2 N–H and O–H groups in total. The standard InChI is InChI=1S/C14H17F3N2O2.ClH/c1-18-6-7-19-13(20)11-8-10(11)9-4-2-3-5-12(9)21-14(15,16)17;/h2-5,10-11,18H,6-8H2,1H3,(H,19,20);1H. The van der Waals surface area contributed by atoms with Gasteiger partial charge in [-0.05, 0) is 31.0 Å². The van der Waals surface area contributed by atoms with Crippen molar-refractivity contribution >= 4 is 18.3 Å². The molecular weight excluding hydrogens is 321 g/mol. The molecule has 1 fully saturated rings. The fraction of sp³-hybridized carbons (Fsp3) is 0.500. The fourth-order valence-electron chi connectivity index (χ4n) is 2.27. The van der Waals surface area contributed by atoms with Gasteiger partial charge in [-0.3, -0.25) is 4.79 Å². The minimum atomic E-state index is -4.73. The van der Waals surface area contributed by atoms with Crippen LogP contribution in [0.1, 0.15) is 17.9 Å². The van der Waals surface area contributed by atoms with Gasteiger partial charge in [0.15, 0.2) is 0 Å². The molecule has 1 saturated carbocycles. The lowest BCUT2D eigenvalue weighted by molar-refractivity contribution is -0.274. The third-order valence-electron chi connectivity index (χ3n) is 3.35. The van der Waals surface area contributed by atoms with Crippen LogP contribution in [0.2, 0.25) is 0 Å². The quantitative estimate of drug-likeness (QED) is 0.783. The topological polar surface area (TPSA) is 50.4 Å². The van der Waals surface area contributed by atoms with Gasteiger partial charge >= 0.3 is 6.36 Å². The number of nitrogens with one attached hydrogen (secondary N) is 2. The first-order valence-electron chi connectivity index (χ1n) is 6.69. The predicted molar refractivity (Wildman–Crippen MR) is 78.2 cm³/mol. The Morgan fingerprint density at radius 3 is 2.64 bits per heavy atom. The second kappa shape index (κ2) is 7.69. The lowest BCUT2D eigenvalue weighted by Crippen LogP contribution is -2.31. The molecule has 2 atom stereocenters. The molecule has 0 saturated heterocycles. The van der Waals surface area contributed by atoms with Crippen molar-refractivity contribution in [3.63, 3.8) is 0 Å². The smallest absolute Gasteiger partial charge is 0.405 e. The summed E-state index contributed by atoms with van der Waals surface area (Å²) in [5.74, 6) is -0.837. The first-order valence-corrected chi connectivity index (χ1v) is 6.69. The highest BCUT2D eigenvalue weighted by Gasteiger charge is 2.46. The van der Waals surface area contributed by atoms with Crippen molar-refractivity contribution in [1.29, 1.82) is 0 Å². The molecule has 22 heavy (non-hydrogen) atoms. The molecule has 0 spiro atoms. The molecule has 1 aliphatic rings. The molecule has 1 aromatic rings. The van der Waals surface area contributed by atoms with E-state index in [2.05, 4.69) is 15.4 Å². The normalized spacial score (nSPS) is 20.0. The summed E-state index contributed by atoms with van der Waals surface area (Å²) in [5, 5.41) is 5.65. The van der Waals surface area contributed by atoms with Crippen LogP contribution in [0.25, 0.3) is 0 Å². The Morgan fingerprint density at radius 2 is 2.00 bits per heavy atom. The van der Waals surface area contributed by atoms with Crippen molar-refractivity contribution in [2.75, 3.05) is 20.1 Å². The molecular formula is C14H18ClF3N2O2. The molecule has 0 aromatic heterocycles. The number of alkyl halides is 3. The summed E-state index contributed by atoms with van der Waals surface area (Å²) in [4.78, 5) is 11.9. The van der Waals surface area contributed by atoms with Crippen LogP contribution in [0.3, 0.4) is 0 Å². The Bertz CT molecular complexity index is 511. The zero-order valence-electron chi connectivity index (χ0n) is 11.9. The highest BCUT2D eigenvalue weighted by Crippen LogP contribution is 2.50. The minimum absolute atomic E-state index is 0.